The number of nitrogens with zero attached hydrogens (tertiary/aromatic N) is 1. The monoisotopic (exact) mass is 330 g/mol. The van der Waals surface area contributed by atoms with Gasteiger partial charge in [-0.3, -0.25) is 9.59 Å². The van der Waals surface area contributed by atoms with Gasteiger partial charge in [0.05, 0.1) is 0 Å². The van der Waals surface area contributed by atoms with E-state index in [1.807, 2.05) is 11.8 Å². The van der Waals surface area contributed by atoms with E-state index in [0.29, 0.717) is 6.54 Å². The number of hydrogen-bond donors (Lipinski definition) is 1. The van der Waals surface area contributed by atoms with E-state index in [0.717, 1.165) is 44.2 Å². The van der Waals surface area contributed by atoms with Crippen molar-refractivity contribution in [1.82, 2.24) is 10.2 Å². The molecule has 132 valence electrons. The molecule has 1 aromatic carbocycles. The van der Waals surface area contributed by atoms with Gasteiger partial charge in [0.1, 0.15) is 6.04 Å². The highest BCUT2D eigenvalue weighted by Gasteiger charge is 2.29. The van der Waals surface area contributed by atoms with Crippen LogP contribution in [0.15, 0.2) is 24.3 Å². The summed E-state index contributed by atoms with van der Waals surface area (Å²) in [5.74, 6) is 0.0362. The molecule has 2 unspecified atom stereocenters. The minimum Gasteiger partial charge on any atom is -0.344 e. The topological polar surface area (TPSA) is 49.4 Å². The SMILES string of the molecule is CCCC(C)C(=O)NC1CCCCN(Cc2ccc(C)cc2)C1=O. The molecule has 1 N–H and O–H groups in total. The fourth-order valence-corrected chi connectivity index (χ4v) is 3.19. The van der Waals surface area contributed by atoms with Crippen LogP contribution in [0.4, 0.5) is 0 Å². The lowest BCUT2D eigenvalue weighted by Gasteiger charge is -2.26. The Hall–Kier alpha value is -1.84. The normalized spacial score (nSPS) is 19.7. The fourth-order valence-electron chi connectivity index (χ4n) is 3.19. The average molecular weight is 330 g/mol. The van der Waals surface area contributed by atoms with E-state index in [4.69, 9.17) is 0 Å². The van der Waals surface area contributed by atoms with Crippen LogP contribution < -0.4 is 5.32 Å². The van der Waals surface area contributed by atoms with E-state index in [1.165, 1.54) is 5.56 Å². The Morgan fingerprint density at radius 3 is 2.67 bits per heavy atom. The van der Waals surface area contributed by atoms with Crippen LogP contribution in [0.1, 0.15) is 57.1 Å². The zero-order chi connectivity index (χ0) is 17.5. The number of aryl methyl sites for hydroxylation is 1. The van der Waals surface area contributed by atoms with E-state index in [-0.39, 0.29) is 23.8 Å². The summed E-state index contributed by atoms with van der Waals surface area (Å²) in [6, 6.07) is 7.92. The van der Waals surface area contributed by atoms with Crippen molar-refractivity contribution in [1.29, 1.82) is 0 Å². The molecule has 0 aliphatic carbocycles. The van der Waals surface area contributed by atoms with Crippen molar-refractivity contribution in [3.05, 3.63) is 35.4 Å². The number of likely N-dealkylation sites (tertiary alicyclic amines) is 1. The van der Waals surface area contributed by atoms with Gasteiger partial charge in [-0.1, -0.05) is 50.1 Å². The van der Waals surface area contributed by atoms with Crippen molar-refractivity contribution in [3.8, 4) is 0 Å². The molecule has 1 aliphatic heterocycles. The van der Waals surface area contributed by atoms with Gasteiger partial charge in [-0.2, -0.15) is 0 Å². The Bertz CT molecular complexity index is 553. The Labute approximate surface area is 145 Å². The molecule has 2 rings (SSSR count). The van der Waals surface area contributed by atoms with Crippen molar-refractivity contribution in [2.75, 3.05) is 6.54 Å². The molecule has 0 spiro atoms. The number of nitrogens with one attached hydrogen (secondary N) is 1. The summed E-state index contributed by atoms with van der Waals surface area (Å²) in [7, 11) is 0. The summed E-state index contributed by atoms with van der Waals surface area (Å²) in [6.07, 6.45) is 4.55. The van der Waals surface area contributed by atoms with E-state index in [1.54, 1.807) is 0 Å². The smallest absolute Gasteiger partial charge is 0.245 e. The highest BCUT2D eigenvalue weighted by atomic mass is 16.2. The summed E-state index contributed by atoms with van der Waals surface area (Å²) in [5, 5.41) is 2.99. The van der Waals surface area contributed by atoms with Gasteiger partial charge < -0.3 is 10.2 Å². The Kier molecular flexibility index (Phi) is 6.83. The molecule has 0 radical (unpaired) electrons. The molecule has 0 saturated carbocycles. The van der Waals surface area contributed by atoms with Crippen LogP contribution in [0.5, 0.6) is 0 Å². The average Bonchev–Trinajstić information content (AvgIpc) is 2.73. The molecule has 1 fully saturated rings. The van der Waals surface area contributed by atoms with Gasteiger partial charge in [0.2, 0.25) is 11.8 Å². The van der Waals surface area contributed by atoms with Crippen molar-refractivity contribution in [3.63, 3.8) is 0 Å². The van der Waals surface area contributed by atoms with Crippen LogP contribution in [0, 0.1) is 12.8 Å². The second kappa shape index (κ2) is 8.86. The summed E-state index contributed by atoms with van der Waals surface area (Å²) < 4.78 is 0. The molecule has 0 aromatic heterocycles. The van der Waals surface area contributed by atoms with Crippen LogP contribution >= 0.6 is 0 Å². The van der Waals surface area contributed by atoms with Gasteiger partial charge in [0.25, 0.3) is 0 Å². The van der Waals surface area contributed by atoms with Gasteiger partial charge in [0.15, 0.2) is 0 Å². The molecular weight excluding hydrogens is 300 g/mol. The lowest BCUT2D eigenvalue weighted by atomic mass is 10.0. The first-order valence-electron chi connectivity index (χ1n) is 9.16. The zero-order valence-electron chi connectivity index (χ0n) is 15.2. The molecule has 1 saturated heterocycles. The first kappa shape index (κ1) is 18.5. The molecule has 2 amide bonds. The number of hydrogen-bond acceptors (Lipinski definition) is 2. The summed E-state index contributed by atoms with van der Waals surface area (Å²) in [4.78, 5) is 27.0. The van der Waals surface area contributed by atoms with Gasteiger partial charge in [-0.15, -0.1) is 0 Å². The van der Waals surface area contributed by atoms with Crippen LogP contribution in [0.25, 0.3) is 0 Å². The first-order chi connectivity index (χ1) is 11.5. The molecule has 4 heteroatoms. The lowest BCUT2D eigenvalue weighted by molar-refractivity contribution is -0.137. The summed E-state index contributed by atoms with van der Waals surface area (Å²) >= 11 is 0. The molecule has 1 heterocycles. The maximum atomic E-state index is 12.8. The number of benzene rings is 1. The Morgan fingerprint density at radius 1 is 1.29 bits per heavy atom. The van der Waals surface area contributed by atoms with Gasteiger partial charge in [-0.05, 0) is 38.2 Å². The second-order valence-corrected chi connectivity index (χ2v) is 6.99. The van der Waals surface area contributed by atoms with Crippen LogP contribution in [0.3, 0.4) is 0 Å². The minimum atomic E-state index is -0.371. The van der Waals surface area contributed by atoms with Crippen molar-refractivity contribution >= 4 is 11.8 Å². The Morgan fingerprint density at radius 2 is 2.00 bits per heavy atom. The van der Waals surface area contributed by atoms with Crippen LogP contribution in [-0.4, -0.2) is 29.3 Å². The fraction of sp³-hybridized carbons (Fsp3) is 0.600. The van der Waals surface area contributed by atoms with Gasteiger partial charge in [-0.25, -0.2) is 0 Å². The first-order valence-corrected chi connectivity index (χ1v) is 9.16. The maximum absolute atomic E-state index is 12.8. The standard InChI is InChI=1S/C20H30N2O2/c1-4-7-16(3)19(23)21-18-8-5-6-13-22(20(18)24)14-17-11-9-15(2)10-12-17/h9-12,16,18H,4-8,13-14H2,1-3H3,(H,21,23). The number of carbonyl (C=O) groups excluding carboxylic acids is 2. The molecule has 4 nitrogen and oxygen atoms in total. The third-order valence-electron chi connectivity index (χ3n) is 4.76. The lowest BCUT2D eigenvalue weighted by Crippen LogP contribution is -2.48. The second-order valence-electron chi connectivity index (χ2n) is 6.99. The predicted molar refractivity (Wildman–Crippen MR) is 96.4 cm³/mol. The van der Waals surface area contributed by atoms with E-state index < -0.39 is 0 Å². The van der Waals surface area contributed by atoms with Crippen LogP contribution in [0.2, 0.25) is 0 Å². The quantitative estimate of drug-likeness (QED) is 0.869. The highest BCUT2D eigenvalue weighted by Crippen LogP contribution is 2.17. The highest BCUT2D eigenvalue weighted by molar-refractivity contribution is 5.88. The predicted octanol–water partition coefficient (Wildman–Crippen LogP) is 3.43. The zero-order valence-corrected chi connectivity index (χ0v) is 15.2. The van der Waals surface area contributed by atoms with E-state index in [2.05, 4.69) is 43.4 Å². The van der Waals surface area contributed by atoms with E-state index in [9.17, 15) is 9.59 Å². The molecule has 0 bridgehead atoms. The summed E-state index contributed by atoms with van der Waals surface area (Å²) in [5.41, 5.74) is 2.36. The molecular formula is C20H30N2O2. The summed E-state index contributed by atoms with van der Waals surface area (Å²) in [6.45, 7) is 7.46. The van der Waals surface area contributed by atoms with E-state index >= 15 is 0 Å². The Balaban J connectivity index is 2.01. The van der Waals surface area contributed by atoms with Gasteiger partial charge in [0, 0.05) is 19.0 Å². The molecule has 1 aliphatic rings. The number of amides is 2. The molecule has 2 atom stereocenters. The number of rotatable bonds is 6. The maximum Gasteiger partial charge on any atom is 0.245 e. The third kappa shape index (κ3) is 5.08. The van der Waals surface area contributed by atoms with Crippen molar-refractivity contribution in [2.45, 2.75) is 65.5 Å². The van der Waals surface area contributed by atoms with Crippen molar-refractivity contribution < 1.29 is 9.59 Å². The van der Waals surface area contributed by atoms with Crippen LogP contribution in [-0.2, 0) is 16.1 Å². The van der Waals surface area contributed by atoms with Gasteiger partial charge >= 0.3 is 0 Å². The molecule has 24 heavy (non-hydrogen) atoms. The largest absolute Gasteiger partial charge is 0.344 e. The minimum absolute atomic E-state index is 0.00684. The third-order valence-corrected chi connectivity index (χ3v) is 4.76. The number of carbonyl (C=O) groups is 2. The van der Waals surface area contributed by atoms with Crippen molar-refractivity contribution in [2.24, 2.45) is 5.92 Å². The molecule has 1 aromatic rings.